The molecule has 1 heterocycles. The number of nitrogens with zero attached hydrogens (tertiary/aromatic N) is 2. The molecule has 19 heavy (non-hydrogen) atoms. The average Bonchev–Trinajstić information content (AvgIpc) is 2.76. The first kappa shape index (κ1) is 12.9. The molecule has 0 atom stereocenters. The number of nitrogens with one attached hydrogen (secondary N) is 1. The Bertz CT molecular complexity index is 590. The molecule has 1 fully saturated rings. The number of carbonyl (C=O) groups excluding carboxylic acids is 2. The van der Waals surface area contributed by atoms with E-state index in [-0.39, 0.29) is 13.1 Å². The molecular weight excluding hydrogens is 264 g/mol. The van der Waals surface area contributed by atoms with Gasteiger partial charge in [-0.3, -0.25) is 19.8 Å². The van der Waals surface area contributed by atoms with Gasteiger partial charge in [0.1, 0.15) is 5.82 Å². The van der Waals surface area contributed by atoms with Crippen LogP contribution in [-0.4, -0.2) is 34.9 Å². The van der Waals surface area contributed by atoms with Gasteiger partial charge in [-0.15, -0.1) is 0 Å². The molecule has 1 aromatic rings. The van der Waals surface area contributed by atoms with Crippen LogP contribution in [0.25, 0.3) is 0 Å². The summed E-state index contributed by atoms with van der Waals surface area (Å²) in [5.41, 5.74) is -1.79. The minimum Gasteiger partial charge on any atom is -0.336 e. The Morgan fingerprint density at radius 1 is 1.37 bits per heavy atom. The van der Waals surface area contributed by atoms with Crippen LogP contribution < -0.4 is 5.32 Å². The second kappa shape index (κ2) is 4.59. The van der Waals surface area contributed by atoms with Gasteiger partial charge in [0, 0.05) is 13.1 Å². The molecule has 7 nitrogen and oxygen atoms in total. The van der Waals surface area contributed by atoms with Gasteiger partial charge >= 0.3 is 11.7 Å². The Kier molecular flexibility index (Phi) is 3.11. The van der Waals surface area contributed by atoms with Crippen molar-refractivity contribution in [2.24, 2.45) is 0 Å². The molecule has 1 aliphatic rings. The van der Waals surface area contributed by atoms with Crippen LogP contribution in [0.1, 0.15) is 10.4 Å². The highest BCUT2D eigenvalue weighted by molar-refractivity contribution is 6.05. The first-order chi connectivity index (χ1) is 8.91. The Hall–Kier alpha value is -2.58. The summed E-state index contributed by atoms with van der Waals surface area (Å²) in [6.07, 6.45) is 0. The molecule has 1 N–H and O–H groups in total. The van der Waals surface area contributed by atoms with Crippen molar-refractivity contribution in [1.29, 1.82) is 0 Å². The summed E-state index contributed by atoms with van der Waals surface area (Å²) in [7, 11) is 0. The second-order valence-corrected chi connectivity index (χ2v) is 3.73. The highest BCUT2D eigenvalue weighted by Crippen LogP contribution is 2.22. The van der Waals surface area contributed by atoms with E-state index < -0.39 is 39.7 Å². The van der Waals surface area contributed by atoms with Gasteiger partial charge in [0.05, 0.1) is 16.6 Å². The molecule has 0 saturated carbocycles. The molecule has 0 spiro atoms. The predicted molar refractivity (Wildman–Crippen MR) is 57.4 cm³/mol. The van der Waals surface area contributed by atoms with Crippen LogP contribution in [0.15, 0.2) is 12.1 Å². The summed E-state index contributed by atoms with van der Waals surface area (Å²) in [5, 5.41) is 12.7. The number of urea groups is 1. The number of nitro benzene ring substituents is 1. The second-order valence-electron chi connectivity index (χ2n) is 3.73. The summed E-state index contributed by atoms with van der Waals surface area (Å²) >= 11 is 0. The number of imide groups is 1. The number of benzene rings is 1. The maximum absolute atomic E-state index is 13.6. The molecule has 9 heteroatoms. The van der Waals surface area contributed by atoms with E-state index >= 15 is 0 Å². The molecule has 100 valence electrons. The number of nitro groups is 1. The molecule has 0 aromatic heterocycles. The number of halogens is 2. The zero-order chi connectivity index (χ0) is 14.2. The zero-order valence-corrected chi connectivity index (χ0v) is 9.35. The largest absolute Gasteiger partial charge is 0.336 e. The van der Waals surface area contributed by atoms with Crippen LogP contribution in [0, 0.1) is 21.7 Å². The molecule has 0 radical (unpaired) electrons. The van der Waals surface area contributed by atoms with Crippen LogP contribution in [0.5, 0.6) is 0 Å². The Morgan fingerprint density at radius 3 is 2.58 bits per heavy atom. The van der Waals surface area contributed by atoms with E-state index in [2.05, 4.69) is 5.32 Å². The van der Waals surface area contributed by atoms with Gasteiger partial charge in [-0.05, 0) is 6.07 Å². The minimum absolute atomic E-state index is 0.0235. The molecule has 1 aromatic carbocycles. The molecule has 1 aliphatic heterocycles. The minimum atomic E-state index is -1.34. The van der Waals surface area contributed by atoms with E-state index in [9.17, 15) is 28.5 Å². The van der Waals surface area contributed by atoms with Crippen LogP contribution in [0.4, 0.5) is 19.3 Å². The van der Waals surface area contributed by atoms with E-state index in [1.54, 1.807) is 0 Å². The van der Waals surface area contributed by atoms with E-state index in [0.29, 0.717) is 17.0 Å². The highest BCUT2D eigenvalue weighted by atomic mass is 19.1. The normalized spacial score (nSPS) is 14.4. The molecule has 0 unspecified atom stereocenters. The Balaban J connectivity index is 2.40. The van der Waals surface area contributed by atoms with E-state index in [4.69, 9.17) is 0 Å². The lowest BCUT2D eigenvalue weighted by Crippen LogP contribution is -2.34. The lowest BCUT2D eigenvalue weighted by atomic mass is 10.1. The fourth-order valence-electron chi connectivity index (χ4n) is 1.65. The summed E-state index contributed by atoms with van der Waals surface area (Å²) in [5.74, 6) is -3.63. The number of carbonyl (C=O) groups is 2. The SMILES string of the molecule is O=C1NCCN1C(=O)c1cc(F)c([N+](=O)[O-])cc1F. The van der Waals surface area contributed by atoms with Crippen LogP contribution in [0.3, 0.4) is 0 Å². The van der Waals surface area contributed by atoms with E-state index in [1.807, 2.05) is 0 Å². The van der Waals surface area contributed by atoms with Crippen molar-refractivity contribution in [2.75, 3.05) is 13.1 Å². The van der Waals surface area contributed by atoms with Crippen LogP contribution in [0.2, 0.25) is 0 Å². The molecule has 0 aliphatic carbocycles. The van der Waals surface area contributed by atoms with Crippen molar-refractivity contribution in [3.63, 3.8) is 0 Å². The lowest BCUT2D eigenvalue weighted by Gasteiger charge is -2.12. The highest BCUT2D eigenvalue weighted by Gasteiger charge is 2.31. The van der Waals surface area contributed by atoms with Gasteiger partial charge in [-0.1, -0.05) is 0 Å². The van der Waals surface area contributed by atoms with E-state index in [1.165, 1.54) is 0 Å². The summed E-state index contributed by atoms with van der Waals surface area (Å²) in [6.45, 7) is 0.234. The molecular formula is C10H7F2N3O4. The standard InChI is InChI=1S/C10H7F2N3O4/c11-6-4-8(15(18)19)7(12)3-5(6)9(16)14-2-1-13-10(14)17/h3-4H,1-2H2,(H,13,17). The third-order valence-electron chi connectivity index (χ3n) is 2.57. The van der Waals surface area contributed by atoms with Crippen molar-refractivity contribution >= 4 is 17.6 Å². The number of hydrogen-bond donors (Lipinski definition) is 1. The molecule has 3 amide bonds. The first-order valence-electron chi connectivity index (χ1n) is 5.15. The maximum Gasteiger partial charge on any atom is 0.324 e. The van der Waals surface area contributed by atoms with Gasteiger partial charge < -0.3 is 5.32 Å². The smallest absolute Gasteiger partial charge is 0.324 e. The fourth-order valence-corrected chi connectivity index (χ4v) is 1.65. The van der Waals surface area contributed by atoms with E-state index in [0.717, 1.165) is 0 Å². The van der Waals surface area contributed by atoms with Crippen LogP contribution in [-0.2, 0) is 0 Å². The molecule has 1 saturated heterocycles. The average molecular weight is 271 g/mol. The van der Waals surface area contributed by atoms with Crippen molar-refractivity contribution in [2.45, 2.75) is 0 Å². The quantitative estimate of drug-likeness (QED) is 0.642. The fraction of sp³-hybridized carbons (Fsp3) is 0.200. The first-order valence-corrected chi connectivity index (χ1v) is 5.15. The number of hydrogen-bond acceptors (Lipinski definition) is 4. The Morgan fingerprint density at radius 2 is 2.05 bits per heavy atom. The van der Waals surface area contributed by atoms with Crippen LogP contribution >= 0.6 is 0 Å². The third kappa shape index (κ3) is 2.21. The maximum atomic E-state index is 13.6. The summed E-state index contributed by atoms with van der Waals surface area (Å²) in [4.78, 5) is 33.0. The van der Waals surface area contributed by atoms with Gasteiger partial charge in [0.15, 0.2) is 0 Å². The zero-order valence-electron chi connectivity index (χ0n) is 9.35. The lowest BCUT2D eigenvalue weighted by molar-refractivity contribution is -0.387. The van der Waals surface area contributed by atoms with Crippen molar-refractivity contribution < 1.29 is 23.3 Å². The van der Waals surface area contributed by atoms with Gasteiger partial charge in [0.25, 0.3) is 5.91 Å². The number of amides is 3. The third-order valence-corrected chi connectivity index (χ3v) is 2.57. The van der Waals surface area contributed by atoms with Gasteiger partial charge in [-0.25, -0.2) is 9.18 Å². The summed E-state index contributed by atoms with van der Waals surface area (Å²) in [6, 6.07) is 0.0148. The predicted octanol–water partition coefficient (Wildman–Crippen LogP) is 1.04. The number of rotatable bonds is 2. The van der Waals surface area contributed by atoms with Gasteiger partial charge in [-0.2, -0.15) is 4.39 Å². The molecule has 2 rings (SSSR count). The van der Waals surface area contributed by atoms with Crippen molar-refractivity contribution in [3.05, 3.63) is 39.4 Å². The summed E-state index contributed by atoms with van der Waals surface area (Å²) < 4.78 is 26.9. The van der Waals surface area contributed by atoms with Gasteiger partial charge in [0.2, 0.25) is 5.82 Å². The van der Waals surface area contributed by atoms with Crippen molar-refractivity contribution in [3.8, 4) is 0 Å². The monoisotopic (exact) mass is 271 g/mol. The Labute approximate surface area is 105 Å². The van der Waals surface area contributed by atoms with Crippen molar-refractivity contribution in [1.82, 2.24) is 10.2 Å². The topological polar surface area (TPSA) is 92.6 Å². The molecule has 0 bridgehead atoms.